The minimum absolute atomic E-state index is 0.111. The predicted octanol–water partition coefficient (Wildman–Crippen LogP) is 6.28. The molecule has 2 heterocycles. The number of hydrogen-bond donors (Lipinski definition) is 3. The fraction of sp³-hybridized carbons (Fsp3) is 0.562. The Morgan fingerprint density at radius 3 is 2.15 bits per heavy atom. The van der Waals surface area contributed by atoms with Crippen molar-refractivity contribution in [1.29, 1.82) is 0 Å². The van der Waals surface area contributed by atoms with Crippen molar-refractivity contribution in [2.75, 3.05) is 46.2 Å². The van der Waals surface area contributed by atoms with E-state index in [2.05, 4.69) is 39.6 Å². The molecule has 1 saturated carbocycles. The molecular formula is C32H39F7N4O5. The topological polar surface area (TPSA) is 103 Å². The maximum atomic E-state index is 13.7. The number of halogens is 7. The van der Waals surface area contributed by atoms with Crippen molar-refractivity contribution < 1.29 is 54.9 Å². The van der Waals surface area contributed by atoms with Crippen molar-refractivity contribution in [1.82, 2.24) is 15.1 Å². The maximum absolute atomic E-state index is 13.7. The highest BCUT2D eigenvalue weighted by Crippen LogP contribution is 2.51. The molecule has 5 rings (SSSR count). The van der Waals surface area contributed by atoms with Crippen LogP contribution in [0.5, 0.6) is 11.5 Å². The summed E-state index contributed by atoms with van der Waals surface area (Å²) in [6.07, 6.45) is -4.50. The van der Waals surface area contributed by atoms with Gasteiger partial charge in [-0.25, -0.2) is 14.0 Å². The third-order valence-corrected chi connectivity index (χ3v) is 9.52. The lowest BCUT2D eigenvalue weighted by Crippen LogP contribution is -2.56. The van der Waals surface area contributed by atoms with Gasteiger partial charge in [-0.15, -0.1) is 0 Å². The van der Waals surface area contributed by atoms with E-state index in [-0.39, 0.29) is 23.2 Å². The summed E-state index contributed by atoms with van der Waals surface area (Å²) in [5, 5.41) is 12.6. The second-order valence-electron chi connectivity index (χ2n) is 12.3. The molecule has 0 aromatic heterocycles. The number of nitrogens with zero attached hydrogens (tertiary/aromatic N) is 2. The predicted molar refractivity (Wildman–Crippen MR) is 162 cm³/mol. The van der Waals surface area contributed by atoms with Crippen LogP contribution >= 0.6 is 0 Å². The molecule has 2 aromatic rings. The Morgan fingerprint density at radius 2 is 1.56 bits per heavy atom. The summed E-state index contributed by atoms with van der Waals surface area (Å²) in [5.74, 6) is -2.77. The number of benzene rings is 2. The number of fused-ring (bicyclic) bond motifs is 1. The minimum Gasteiger partial charge on any atom is -0.493 e. The summed E-state index contributed by atoms with van der Waals surface area (Å²) >= 11 is 0. The standard InChI is InChI=1S/C30H38F4N4O3.C2HF3O2/c1-37-13-9-22(10-14-37)38-15-12-29(19-4-7-25(40-2)26(16-19)41-3)11-8-21(18-27(29)38)36-28(39)35-20-5-6-24(31)23(17-20)30(32,33)34;3-2(4,5)1(6)7/h4-7,16-17,21-22,27H,8-15,18H2,1-3H3,(H2,35,36,39);(H,6,7)/t21-,27+,29+;/m1./s1. The van der Waals surface area contributed by atoms with E-state index in [4.69, 9.17) is 19.4 Å². The number of amides is 2. The fourth-order valence-corrected chi connectivity index (χ4v) is 7.13. The van der Waals surface area contributed by atoms with Gasteiger partial charge in [-0.2, -0.15) is 26.3 Å². The summed E-state index contributed by atoms with van der Waals surface area (Å²) in [7, 11) is 5.40. The molecule has 2 amide bonds. The number of carboxylic acid groups (broad SMARTS) is 1. The average molecular weight is 693 g/mol. The molecule has 0 radical (unpaired) electrons. The number of hydrogen-bond acceptors (Lipinski definition) is 6. The number of methoxy groups -OCH3 is 2. The first-order valence-electron chi connectivity index (χ1n) is 15.4. The molecule has 0 spiro atoms. The first-order valence-corrected chi connectivity index (χ1v) is 15.4. The van der Waals surface area contributed by atoms with E-state index in [1.54, 1.807) is 14.2 Å². The van der Waals surface area contributed by atoms with E-state index < -0.39 is 35.7 Å². The molecule has 266 valence electrons. The molecule has 3 N–H and O–H groups in total. The highest BCUT2D eigenvalue weighted by atomic mass is 19.4. The molecule has 0 unspecified atom stereocenters. The number of nitrogens with one attached hydrogen (secondary N) is 2. The molecule has 48 heavy (non-hydrogen) atoms. The molecule has 0 bridgehead atoms. The van der Waals surface area contributed by atoms with Crippen molar-refractivity contribution in [3.8, 4) is 11.5 Å². The van der Waals surface area contributed by atoms with Crippen LogP contribution in [0.2, 0.25) is 0 Å². The molecule has 3 fully saturated rings. The molecule has 9 nitrogen and oxygen atoms in total. The Hall–Kier alpha value is -3.79. The Labute approximate surface area is 273 Å². The Kier molecular flexibility index (Phi) is 11.4. The zero-order valence-corrected chi connectivity index (χ0v) is 26.7. The van der Waals surface area contributed by atoms with Crippen LogP contribution in [0.25, 0.3) is 0 Å². The molecule has 2 aromatic carbocycles. The Bertz CT molecular complexity index is 1450. The van der Waals surface area contributed by atoms with Gasteiger partial charge < -0.3 is 30.1 Å². The number of likely N-dealkylation sites (tertiary alicyclic amines) is 2. The lowest BCUT2D eigenvalue weighted by atomic mass is 9.65. The number of carbonyl (C=O) groups excluding carboxylic acids is 1. The highest BCUT2D eigenvalue weighted by molar-refractivity contribution is 5.89. The summed E-state index contributed by atoms with van der Waals surface area (Å²) in [4.78, 5) is 26.8. The van der Waals surface area contributed by atoms with Gasteiger partial charge in [0.25, 0.3) is 0 Å². The first kappa shape index (κ1) is 37.0. The van der Waals surface area contributed by atoms with Gasteiger partial charge in [0.1, 0.15) is 5.82 Å². The van der Waals surface area contributed by atoms with E-state index in [1.807, 2.05) is 6.07 Å². The number of alkyl halides is 6. The fourth-order valence-electron chi connectivity index (χ4n) is 7.13. The van der Waals surface area contributed by atoms with Crippen molar-refractivity contribution in [3.05, 3.63) is 53.3 Å². The minimum atomic E-state index is -5.08. The van der Waals surface area contributed by atoms with Gasteiger partial charge in [0.2, 0.25) is 0 Å². The second kappa shape index (κ2) is 14.8. The monoisotopic (exact) mass is 692 g/mol. The van der Waals surface area contributed by atoms with Crippen molar-refractivity contribution >= 4 is 17.7 Å². The van der Waals surface area contributed by atoms with E-state index >= 15 is 0 Å². The SMILES string of the molecule is COc1ccc([C@@]23CC[C@@H](NC(=O)Nc4ccc(F)c(C(F)(F)F)c4)C[C@@H]2N(C2CCN(C)CC2)CC3)cc1OC.O=C(O)C(F)(F)F. The van der Waals surface area contributed by atoms with Crippen molar-refractivity contribution in [3.63, 3.8) is 0 Å². The average Bonchev–Trinajstić information content (AvgIpc) is 3.41. The molecule has 16 heteroatoms. The number of carbonyl (C=O) groups is 2. The molecule has 3 atom stereocenters. The quantitative estimate of drug-likeness (QED) is 0.307. The summed E-state index contributed by atoms with van der Waals surface area (Å²) in [6.45, 7) is 3.04. The molecular weight excluding hydrogens is 653 g/mol. The van der Waals surface area contributed by atoms with Crippen molar-refractivity contribution in [2.45, 2.75) is 74.4 Å². The summed E-state index contributed by atoms with van der Waals surface area (Å²) in [6, 6.07) is 8.49. The number of aliphatic carboxylic acids is 1. The third-order valence-electron chi connectivity index (χ3n) is 9.52. The normalized spacial score (nSPS) is 23.8. The van der Waals surface area contributed by atoms with Crippen LogP contribution in [0, 0.1) is 5.82 Å². The largest absolute Gasteiger partial charge is 0.493 e. The van der Waals surface area contributed by atoms with Crippen molar-refractivity contribution in [2.24, 2.45) is 0 Å². The first-order chi connectivity index (χ1) is 22.5. The van der Waals surface area contributed by atoms with Crippen LogP contribution in [-0.2, 0) is 16.4 Å². The Balaban J connectivity index is 0.000000671. The lowest BCUT2D eigenvalue weighted by molar-refractivity contribution is -0.192. The van der Waals surface area contributed by atoms with Gasteiger partial charge in [-0.05, 0) is 101 Å². The van der Waals surface area contributed by atoms with E-state index in [1.165, 1.54) is 5.56 Å². The highest BCUT2D eigenvalue weighted by Gasteiger charge is 2.53. The van der Waals surface area contributed by atoms with Gasteiger partial charge >= 0.3 is 24.4 Å². The summed E-state index contributed by atoms with van der Waals surface area (Å²) in [5.41, 5.74) is -0.437. The van der Waals surface area contributed by atoms with E-state index in [0.717, 1.165) is 57.8 Å². The molecule has 3 aliphatic rings. The zero-order chi connectivity index (χ0) is 35.4. The van der Waals surface area contributed by atoms with Crippen LogP contribution < -0.4 is 20.1 Å². The molecule has 1 aliphatic carbocycles. The van der Waals surface area contributed by atoms with Gasteiger partial charge in [0.05, 0.1) is 19.8 Å². The number of rotatable bonds is 6. The van der Waals surface area contributed by atoms with Gasteiger partial charge in [0.15, 0.2) is 11.5 Å². The van der Waals surface area contributed by atoms with Gasteiger partial charge in [-0.1, -0.05) is 6.07 Å². The smallest absolute Gasteiger partial charge is 0.490 e. The summed E-state index contributed by atoms with van der Waals surface area (Å²) < 4.78 is 96.0. The van der Waals surface area contributed by atoms with Crippen LogP contribution in [0.1, 0.15) is 49.7 Å². The van der Waals surface area contributed by atoms with Crippen LogP contribution in [0.3, 0.4) is 0 Å². The van der Waals surface area contributed by atoms with E-state index in [0.29, 0.717) is 36.1 Å². The maximum Gasteiger partial charge on any atom is 0.490 e. The van der Waals surface area contributed by atoms with Crippen LogP contribution in [-0.4, -0.2) is 92.1 Å². The molecule has 2 aliphatic heterocycles. The third kappa shape index (κ3) is 8.43. The Morgan fingerprint density at radius 1 is 0.917 bits per heavy atom. The lowest BCUT2D eigenvalue weighted by Gasteiger charge is -2.48. The van der Waals surface area contributed by atoms with Crippen LogP contribution in [0.15, 0.2) is 36.4 Å². The molecule has 2 saturated heterocycles. The van der Waals surface area contributed by atoms with Gasteiger partial charge in [-0.3, -0.25) is 4.90 Å². The number of anilines is 1. The van der Waals surface area contributed by atoms with Crippen LogP contribution in [0.4, 0.5) is 41.2 Å². The number of carboxylic acids is 1. The second-order valence-corrected chi connectivity index (χ2v) is 12.3. The number of piperidine rings is 1. The number of ether oxygens (including phenoxy) is 2. The van der Waals surface area contributed by atoms with E-state index in [9.17, 15) is 35.5 Å². The zero-order valence-electron chi connectivity index (χ0n) is 26.7. The number of urea groups is 1. The van der Waals surface area contributed by atoms with Gasteiger partial charge in [0, 0.05) is 29.2 Å².